The predicted octanol–water partition coefficient (Wildman–Crippen LogP) is 1.87. The monoisotopic (exact) mass is 222 g/mol. The van der Waals surface area contributed by atoms with Gasteiger partial charge in [-0.1, -0.05) is 18.2 Å². The van der Waals surface area contributed by atoms with Gasteiger partial charge < -0.3 is 9.84 Å². The zero-order chi connectivity index (χ0) is 11.2. The van der Waals surface area contributed by atoms with Crippen LogP contribution in [0.15, 0.2) is 24.3 Å². The fourth-order valence-electron chi connectivity index (χ4n) is 2.84. The molecule has 1 aliphatic carbocycles. The SMILES string of the molecule is OCC1(C2(c3ccccc3F)COC2)CC1. The normalized spacial score (nSPS) is 24.9. The van der Waals surface area contributed by atoms with Crippen LogP contribution in [0.25, 0.3) is 0 Å². The molecule has 2 nitrogen and oxygen atoms in total. The number of aliphatic hydroxyl groups excluding tert-OH is 1. The molecule has 1 saturated carbocycles. The lowest BCUT2D eigenvalue weighted by molar-refractivity contribution is -0.111. The van der Waals surface area contributed by atoms with E-state index in [1.54, 1.807) is 6.07 Å². The molecule has 1 saturated heterocycles. The van der Waals surface area contributed by atoms with Gasteiger partial charge in [0.1, 0.15) is 5.82 Å². The van der Waals surface area contributed by atoms with Crippen LogP contribution in [0.1, 0.15) is 18.4 Å². The van der Waals surface area contributed by atoms with Gasteiger partial charge in [-0.15, -0.1) is 0 Å². The van der Waals surface area contributed by atoms with E-state index < -0.39 is 0 Å². The minimum absolute atomic E-state index is 0.130. The second kappa shape index (κ2) is 3.28. The minimum Gasteiger partial charge on any atom is -0.396 e. The summed E-state index contributed by atoms with van der Waals surface area (Å²) in [7, 11) is 0. The molecule has 2 aliphatic rings. The van der Waals surface area contributed by atoms with E-state index in [4.69, 9.17) is 4.74 Å². The number of ether oxygens (including phenoxy) is 1. The number of benzene rings is 1. The zero-order valence-electron chi connectivity index (χ0n) is 9.08. The minimum atomic E-state index is -0.285. The van der Waals surface area contributed by atoms with E-state index in [2.05, 4.69) is 0 Å². The molecule has 86 valence electrons. The van der Waals surface area contributed by atoms with Gasteiger partial charge in [-0.05, 0) is 24.5 Å². The Bertz CT molecular complexity index is 408. The second-order valence-electron chi connectivity index (χ2n) is 4.99. The Labute approximate surface area is 94.0 Å². The number of rotatable bonds is 3. The van der Waals surface area contributed by atoms with Crippen molar-refractivity contribution in [2.45, 2.75) is 18.3 Å². The van der Waals surface area contributed by atoms with E-state index >= 15 is 0 Å². The largest absolute Gasteiger partial charge is 0.396 e. The maximum absolute atomic E-state index is 13.9. The summed E-state index contributed by atoms with van der Waals surface area (Å²) >= 11 is 0. The Morgan fingerprint density at radius 1 is 1.25 bits per heavy atom. The van der Waals surface area contributed by atoms with Gasteiger partial charge in [0.05, 0.1) is 18.6 Å². The van der Waals surface area contributed by atoms with Crippen LogP contribution >= 0.6 is 0 Å². The van der Waals surface area contributed by atoms with Gasteiger partial charge in [-0.2, -0.15) is 0 Å². The van der Waals surface area contributed by atoms with Gasteiger partial charge in [0, 0.05) is 12.0 Å². The Balaban J connectivity index is 2.06. The van der Waals surface area contributed by atoms with Crippen LogP contribution in [0.4, 0.5) is 4.39 Å². The molecule has 1 aliphatic heterocycles. The van der Waals surface area contributed by atoms with Crippen LogP contribution < -0.4 is 0 Å². The van der Waals surface area contributed by atoms with Crippen LogP contribution in [-0.2, 0) is 10.2 Å². The lowest BCUT2D eigenvalue weighted by Crippen LogP contribution is -2.55. The van der Waals surface area contributed by atoms with Crippen LogP contribution in [0.3, 0.4) is 0 Å². The van der Waals surface area contributed by atoms with Crippen LogP contribution in [0, 0.1) is 11.2 Å². The van der Waals surface area contributed by atoms with Gasteiger partial charge in [0.2, 0.25) is 0 Å². The van der Waals surface area contributed by atoms with Gasteiger partial charge in [-0.25, -0.2) is 4.39 Å². The molecule has 1 aromatic rings. The molecular weight excluding hydrogens is 207 g/mol. The maximum atomic E-state index is 13.9. The van der Waals surface area contributed by atoms with Crippen LogP contribution in [0.2, 0.25) is 0 Å². The highest BCUT2D eigenvalue weighted by Crippen LogP contribution is 2.62. The zero-order valence-corrected chi connectivity index (χ0v) is 9.08. The molecule has 2 fully saturated rings. The highest BCUT2D eigenvalue weighted by Gasteiger charge is 2.63. The Hall–Kier alpha value is -0.930. The van der Waals surface area contributed by atoms with Crippen molar-refractivity contribution >= 4 is 0 Å². The highest BCUT2D eigenvalue weighted by atomic mass is 19.1. The standard InChI is InChI=1S/C13H15FO2/c14-11-4-2-1-3-10(11)13(8-16-9-13)12(7-15)5-6-12/h1-4,15H,5-9H2. The molecule has 0 atom stereocenters. The summed E-state index contributed by atoms with van der Waals surface area (Å²) in [6, 6.07) is 6.87. The van der Waals surface area contributed by atoms with Crippen molar-refractivity contribution in [3.63, 3.8) is 0 Å². The first-order valence-corrected chi connectivity index (χ1v) is 5.68. The summed E-state index contributed by atoms with van der Waals surface area (Å²) in [4.78, 5) is 0. The first-order valence-electron chi connectivity index (χ1n) is 5.68. The fourth-order valence-corrected chi connectivity index (χ4v) is 2.84. The number of hydrogen-bond acceptors (Lipinski definition) is 2. The molecule has 16 heavy (non-hydrogen) atoms. The van der Waals surface area contributed by atoms with Gasteiger partial charge in [-0.3, -0.25) is 0 Å². The molecule has 1 heterocycles. The van der Waals surface area contributed by atoms with Crippen molar-refractivity contribution in [1.29, 1.82) is 0 Å². The number of halogens is 1. The number of hydrogen-bond donors (Lipinski definition) is 1. The molecule has 0 unspecified atom stereocenters. The molecule has 3 heteroatoms. The smallest absolute Gasteiger partial charge is 0.127 e. The van der Waals surface area contributed by atoms with Crippen molar-refractivity contribution in [1.82, 2.24) is 0 Å². The Morgan fingerprint density at radius 2 is 1.94 bits per heavy atom. The van der Waals surface area contributed by atoms with Crippen molar-refractivity contribution in [2.24, 2.45) is 5.41 Å². The van der Waals surface area contributed by atoms with E-state index in [0.29, 0.717) is 18.8 Å². The van der Waals surface area contributed by atoms with Crippen molar-refractivity contribution in [3.8, 4) is 0 Å². The van der Waals surface area contributed by atoms with E-state index in [1.165, 1.54) is 6.07 Å². The molecular formula is C13H15FO2. The lowest BCUT2D eigenvalue weighted by Gasteiger charge is -2.48. The number of aliphatic hydroxyl groups is 1. The summed E-state index contributed by atoms with van der Waals surface area (Å²) in [5.74, 6) is -0.175. The first-order chi connectivity index (χ1) is 7.74. The molecule has 0 bridgehead atoms. The predicted molar refractivity (Wildman–Crippen MR) is 57.6 cm³/mol. The van der Waals surface area contributed by atoms with E-state index in [1.807, 2.05) is 12.1 Å². The summed E-state index contributed by atoms with van der Waals surface area (Å²) < 4.78 is 19.2. The van der Waals surface area contributed by atoms with E-state index in [0.717, 1.165) is 12.8 Å². The molecule has 3 rings (SSSR count). The van der Waals surface area contributed by atoms with Crippen molar-refractivity contribution in [3.05, 3.63) is 35.6 Å². The Kier molecular flexibility index (Phi) is 2.10. The first kappa shape index (κ1) is 10.2. The maximum Gasteiger partial charge on any atom is 0.127 e. The molecule has 0 aromatic heterocycles. The third-order valence-corrected chi connectivity index (χ3v) is 4.26. The molecule has 1 N–H and O–H groups in total. The summed E-state index contributed by atoms with van der Waals surface area (Å²) in [5.41, 5.74) is 0.299. The fraction of sp³-hybridized carbons (Fsp3) is 0.538. The van der Waals surface area contributed by atoms with Crippen LogP contribution in [0.5, 0.6) is 0 Å². The topological polar surface area (TPSA) is 29.5 Å². The van der Waals surface area contributed by atoms with Gasteiger partial charge in [0.15, 0.2) is 0 Å². The molecule has 0 spiro atoms. The van der Waals surface area contributed by atoms with E-state index in [-0.39, 0.29) is 23.3 Å². The average Bonchev–Trinajstić information content (AvgIpc) is 3.01. The second-order valence-corrected chi connectivity index (χ2v) is 4.99. The summed E-state index contributed by atoms with van der Waals surface area (Å²) in [6.45, 7) is 1.20. The molecule has 0 amide bonds. The van der Waals surface area contributed by atoms with Crippen molar-refractivity contribution in [2.75, 3.05) is 19.8 Å². The highest BCUT2D eigenvalue weighted by molar-refractivity contribution is 5.35. The lowest BCUT2D eigenvalue weighted by atomic mass is 9.66. The molecule has 0 radical (unpaired) electrons. The Morgan fingerprint density at radius 3 is 2.38 bits per heavy atom. The quantitative estimate of drug-likeness (QED) is 0.846. The van der Waals surface area contributed by atoms with Crippen LogP contribution in [-0.4, -0.2) is 24.9 Å². The third kappa shape index (κ3) is 1.13. The summed E-state index contributed by atoms with van der Waals surface area (Å²) in [6.07, 6.45) is 1.95. The summed E-state index contributed by atoms with van der Waals surface area (Å²) in [5, 5.41) is 9.53. The third-order valence-electron chi connectivity index (χ3n) is 4.26. The van der Waals surface area contributed by atoms with Gasteiger partial charge in [0.25, 0.3) is 0 Å². The molecule has 1 aromatic carbocycles. The van der Waals surface area contributed by atoms with E-state index in [9.17, 15) is 9.50 Å². The average molecular weight is 222 g/mol. The van der Waals surface area contributed by atoms with Crippen molar-refractivity contribution < 1.29 is 14.2 Å². The van der Waals surface area contributed by atoms with Gasteiger partial charge >= 0.3 is 0 Å².